The summed E-state index contributed by atoms with van der Waals surface area (Å²) in [4.78, 5) is 23.8. The molecule has 3 aromatic rings. The fourth-order valence-electron chi connectivity index (χ4n) is 4.38. The molecule has 1 aromatic carbocycles. The normalized spacial score (nSPS) is 19.5. The second-order valence-corrected chi connectivity index (χ2v) is 7.71. The third-order valence-corrected chi connectivity index (χ3v) is 5.99. The van der Waals surface area contributed by atoms with Crippen LogP contribution in [0.15, 0.2) is 24.4 Å². The maximum atomic E-state index is 14.0. The Labute approximate surface area is 176 Å². The van der Waals surface area contributed by atoms with Crippen LogP contribution in [0, 0.1) is 18.6 Å². The standard InChI is InChI=1S/C21H20F2N6O2/c1-3-21-11-31-7-6-28(21)19-16(29-12(2)26-27-20(21)29)10-24-18(25-19)9-17(30)14-5-4-13(22)8-15(14)23/h4-5,8,10H,3,6-7,9,11H2,1-2H3. The van der Waals surface area contributed by atoms with E-state index in [0.717, 1.165) is 30.1 Å². The monoisotopic (exact) mass is 426 g/mol. The number of fused-ring (bicyclic) bond motifs is 6. The molecule has 31 heavy (non-hydrogen) atoms. The number of aryl methyl sites for hydroxylation is 1. The van der Waals surface area contributed by atoms with E-state index >= 15 is 0 Å². The number of carbonyl (C=O) groups excluding carboxylic acids is 1. The van der Waals surface area contributed by atoms with E-state index in [2.05, 4.69) is 32.0 Å². The minimum atomic E-state index is -0.897. The summed E-state index contributed by atoms with van der Waals surface area (Å²) >= 11 is 0. The van der Waals surface area contributed by atoms with Crippen molar-refractivity contribution in [3.63, 3.8) is 0 Å². The highest BCUT2D eigenvalue weighted by Crippen LogP contribution is 2.44. The predicted molar refractivity (Wildman–Crippen MR) is 106 cm³/mol. The Bertz CT molecular complexity index is 1200. The molecule has 1 atom stereocenters. The number of halogens is 2. The van der Waals surface area contributed by atoms with Crippen LogP contribution in [0.4, 0.5) is 14.6 Å². The molecular formula is C21H20F2N6O2. The van der Waals surface area contributed by atoms with Crippen molar-refractivity contribution in [2.75, 3.05) is 24.7 Å². The molecule has 0 amide bonds. The van der Waals surface area contributed by atoms with Crippen LogP contribution in [0.5, 0.6) is 0 Å². The number of ketones is 1. The van der Waals surface area contributed by atoms with Crippen molar-refractivity contribution in [2.45, 2.75) is 32.2 Å². The average Bonchev–Trinajstić information content (AvgIpc) is 3.16. The van der Waals surface area contributed by atoms with Gasteiger partial charge in [-0.05, 0) is 25.5 Å². The van der Waals surface area contributed by atoms with E-state index in [-0.39, 0.29) is 17.8 Å². The predicted octanol–water partition coefficient (Wildman–Crippen LogP) is 2.52. The van der Waals surface area contributed by atoms with Crippen molar-refractivity contribution >= 4 is 11.6 Å². The largest absolute Gasteiger partial charge is 0.377 e. The molecule has 0 N–H and O–H groups in total. The van der Waals surface area contributed by atoms with Crippen molar-refractivity contribution < 1.29 is 18.3 Å². The third kappa shape index (κ3) is 2.93. The van der Waals surface area contributed by atoms with Gasteiger partial charge in [0.15, 0.2) is 17.4 Å². The summed E-state index contributed by atoms with van der Waals surface area (Å²) in [6.07, 6.45) is 2.16. The van der Waals surface area contributed by atoms with Gasteiger partial charge in [-0.2, -0.15) is 0 Å². The average molecular weight is 426 g/mol. The van der Waals surface area contributed by atoms with E-state index in [1.807, 2.05) is 11.5 Å². The highest BCUT2D eigenvalue weighted by atomic mass is 19.1. The van der Waals surface area contributed by atoms with Gasteiger partial charge in [0.1, 0.15) is 34.5 Å². The highest BCUT2D eigenvalue weighted by Gasteiger charge is 2.49. The van der Waals surface area contributed by atoms with Gasteiger partial charge in [0, 0.05) is 12.6 Å². The smallest absolute Gasteiger partial charge is 0.173 e. The molecule has 160 valence electrons. The molecule has 5 rings (SSSR count). The van der Waals surface area contributed by atoms with Gasteiger partial charge in [0.2, 0.25) is 0 Å². The van der Waals surface area contributed by atoms with Gasteiger partial charge in [-0.3, -0.25) is 9.36 Å². The zero-order valence-electron chi connectivity index (χ0n) is 17.1. The molecule has 1 fully saturated rings. The number of carbonyl (C=O) groups is 1. The fourth-order valence-corrected chi connectivity index (χ4v) is 4.38. The second-order valence-electron chi connectivity index (χ2n) is 7.71. The van der Waals surface area contributed by atoms with Gasteiger partial charge in [0.25, 0.3) is 0 Å². The topological polar surface area (TPSA) is 86.0 Å². The number of morpholine rings is 1. The molecule has 0 aliphatic carbocycles. The summed E-state index contributed by atoms with van der Waals surface area (Å²) in [5.41, 5.74) is 0.0205. The van der Waals surface area contributed by atoms with Gasteiger partial charge in [-0.25, -0.2) is 18.7 Å². The van der Waals surface area contributed by atoms with Gasteiger partial charge < -0.3 is 9.64 Å². The number of anilines is 1. The summed E-state index contributed by atoms with van der Waals surface area (Å²) in [6.45, 7) is 5.50. The van der Waals surface area contributed by atoms with E-state index in [4.69, 9.17) is 4.74 Å². The number of hydrogen-bond acceptors (Lipinski definition) is 7. The lowest BCUT2D eigenvalue weighted by Gasteiger charge is -2.49. The minimum Gasteiger partial charge on any atom is -0.377 e. The lowest BCUT2D eigenvalue weighted by Crippen LogP contribution is -2.58. The third-order valence-electron chi connectivity index (χ3n) is 5.99. The molecule has 4 heterocycles. The van der Waals surface area contributed by atoms with Crippen LogP contribution >= 0.6 is 0 Å². The summed E-state index contributed by atoms with van der Waals surface area (Å²) in [7, 11) is 0. The maximum Gasteiger partial charge on any atom is 0.173 e. The number of nitrogens with zero attached hydrogens (tertiary/aromatic N) is 6. The minimum absolute atomic E-state index is 0.186. The summed E-state index contributed by atoms with van der Waals surface area (Å²) in [5, 5.41) is 8.68. The van der Waals surface area contributed by atoms with Crippen LogP contribution in [0.1, 0.15) is 41.2 Å². The lowest BCUT2D eigenvalue weighted by molar-refractivity contribution is 0.0389. The molecular weight excluding hydrogens is 406 g/mol. The van der Waals surface area contributed by atoms with Crippen molar-refractivity contribution in [1.82, 2.24) is 24.7 Å². The molecule has 10 heteroatoms. The van der Waals surface area contributed by atoms with Crippen LogP contribution in [0.25, 0.3) is 5.69 Å². The van der Waals surface area contributed by atoms with Crippen LogP contribution in [-0.4, -0.2) is 50.3 Å². The molecule has 1 unspecified atom stereocenters. The molecule has 2 aliphatic heterocycles. The molecule has 0 bridgehead atoms. The molecule has 8 nitrogen and oxygen atoms in total. The van der Waals surface area contributed by atoms with Crippen molar-refractivity contribution in [1.29, 1.82) is 0 Å². The molecule has 0 spiro atoms. The maximum absolute atomic E-state index is 14.0. The number of rotatable bonds is 4. The van der Waals surface area contributed by atoms with Crippen LogP contribution in [0.3, 0.4) is 0 Å². The first-order valence-corrected chi connectivity index (χ1v) is 10.1. The zero-order valence-corrected chi connectivity index (χ0v) is 17.1. The Morgan fingerprint density at radius 1 is 1.29 bits per heavy atom. The first kappa shape index (κ1) is 19.7. The second kappa shape index (κ2) is 7.16. The van der Waals surface area contributed by atoms with E-state index < -0.39 is 23.0 Å². The van der Waals surface area contributed by atoms with E-state index in [1.54, 1.807) is 6.20 Å². The summed E-state index contributed by atoms with van der Waals surface area (Å²) in [6, 6.07) is 2.90. The fraction of sp³-hybridized carbons (Fsp3) is 0.381. The van der Waals surface area contributed by atoms with Gasteiger partial charge in [0.05, 0.1) is 31.4 Å². The first-order chi connectivity index (χ1) is 14.9. The van der Waals surface area contributed by atoms with Crippen LogP contribution in [0.2, 0.25) is 0 Å². The zero-order chi connectivity index (χ0) is 21.8. The first-order valence-electron chi connectivity index (χ1n) is 10.1. The Balaban J connectivity index is 1.57. The number of Topliss-reactive ketones (excluding diaryl/α,β-unsaturated/α-hetero) is 1. The van der Waals surface area contributed by atoms with Gasteiger partial charge >= 0.3 is 0 Å². The number of benzene rings is 1. The van der Waals surface area contributed by atoms with E-state index in [0.29, 0.717) is 37.5 Å². The summed E-state index contributed by atoms with van der Waals surface area (Å²) in [5.74, 6) is 0.262. The van der Waals surface area contributed by atoms with E-state index in [9.17, 15) is 13.6 Å². The number of ether oxygens (including phenoxy) is 1. The Morgan fingerprint density at radius 2 is 2.13 bits per heavy atom. The Kier molecular flexibility index (Phi) is 4.54. The Hall–Kier alpha value is -3.27. The van der Waals surface area contributed by atoms with Crippen LogP contribution < -0.4 is 4.90 Å². The van der Waals surface area contributed by atoms with Crippen LogP contribution in [-0.2, 0) is 16.7 Å². The van der Waals surface area contributed by atoms with E-state index in [1.165, 1.54) is 0 Å². The molecule has 2 aromatic heterocycles. The Morgan fingerprint density at radius 3 is 2.90 bits per heavy atom. The molecule has 2 aliphatic rings. The van der Waals surface area contributed by atoms with Crippen molar-refractivity contribution in [3.05, 3.63) is 59.1 Å². The number of hydrogen-bond donors (Lipinski definition) is 0. The SMILES string of the molecule is CCC12COCCN1c1nc(CC(=O)c3ccc(F)cc3F)ncc1-n1c(C)nnc12. The van der Waals surface area contributed by atoms with Gasteiger partial charge in [-0.1, -0.05) is 6.92 Å². The molecule has 0 saturated carbocycles. The highest BCUT2D eigenvalue weighted by molar-refractivity contribution is 5.97. The summed E-state index contributed by atoms with van der Waals surface area (Å²) < 4.78 is 34.9. The quantitative estimate of drug-likeness (QED) is 0.593. The number of aromatic nitrogens is 5. The lowest BCUT2D eigenvalue weighted by atomic mass is 9.90. The molecule has 0 radical (unpaired) electrons. The van der Waals surface area contributed by atoms with Gasteiger partial charge in [-0.15, -0.1) is 10.2 Å². The van der Waals surface area contributed by atoms with Crippen molar-refractivity contribution in [2.24, 2.45) is 0 Å². The van der Waals surface area contributed by atoms with Crippen molar-refractivity contribution in [3.8, 4) is 5.69 Å². The molecule has 1 saturated heterocycles.